The molecule has 0 atom stereocenters. The molecule has 2 N–H and O–H groups in total. The molecule has 3 aromatic rings. The fraction of sp³-hybridized carbons (Fsp3) is 0.0526. The summed E-state index contributed by atoms with van der Waals surface area (Å²) in [6.07, 6.45) is 3.08. The van der Waals surface area contributed by atoms with Crippen LogP contribution in [0.25, 0.3) is 0 Å². The van der Waals surface area contributed by atoms with E-state index >= 15 is 0 Å². The summed E-state index contributed by atoms with van der Waals surface area (Å²) in [6, 6.07) is 17.9. The third kappa shape index (κ3) is 3.77. The average molecular weight is 320 g/mol. The van der Waals surface area contributed by atoms with Gasteiger partial charge in [-0.25, -0.2) is 0 Å². The molecular formula is C19H16N2O3. The number of aliphatic hydroxyl groups is 1. The first kappa shape index (κ1) is 15.7. The van der Waals surface area contributed by atoms with Crippen molar-refractivity contribution >= 4 is 11.6 Å². The third-order valence-corrected chi connectivity index (χ3v) is 3.43. The monoisotopic (exact) mass is 320 g/mol. The molecule has 5 nitrogen and oxygen atoms in total. The minimum atomic E-state index is -0.274. The van der Waals surface area contributed by atoms with Gasteiger partial charge in [0, 0.05) is 17.3 Å². The number of carbonyl (C=O) groups is 1. The van der Waals surface area contributed by atoms with Crippen molar-refractivity contribution in [2.75, 3.05) is 5.32 Å². The van der Waals surface area contributed by atoms with Crippen LogP contribution in [-0.2, 0) is 6.61 Å². The molecule has 0 saturated carbocycles. The van der Waals surface area contributed by atoms with E-state index in [1.54, 1.807) is 36.5 Å². The van der Waals surface area contributed by atoms with Gasteiger partial charge < -0.3 is 15.2 Å². The number of carbonyl (C=O) groups excluding carboxylic acids is 1. The van der Waals surface area contributed by atoms with Crippen LogP contribution in [0.15, 0.2) is 73.1 Å². The van der Waals surface area contributed by atoms with E-state index in [0.29, 0.717) is 22.6 Å². The molecule has 5 heteroatoms. The minimum absolute atomic E-state index is 0.165. The zero-order valence-corrected chi connectivity index (χ0v) is 12.8. The Hall–Kier alpha value is -3.18. The number of nitrogens with one attached hydrogen (secondary N) is 1. The highest BCUT2D eigenvalue weighted by molar-refractivity contribution is 6.04. The van der Waals surface area contributed by atoms with Crippen LogP contribution < -0.4 is 10.1 Å². The molecule has 0 aliphatic carbocycles. The lowest BCUT2D eigenvalue weighted by Gasteiger charge is -2.09. The second-order valence-electron chi connectivity index (χ2n) is 5.08. The van der Waals surface area contributed by atoms with Crippen molar-refractivity contribution in [1.29, 1.82) is 0 Å². The van der Waals surface area contributed by atoms with E-state index in [0.717, 1.165) is 5.75 Å². The molecule has 0 saturated heterocycles. The Morgan fingerprint density at radius 3 is 2.42 bits per heavy atom. The fourth-order valence-electron chi connectivity index (χ4n) is 2.17. The number of hydrogen-bond acceptors (Lipinski definition) is 4. The van der Waals surface area contributed by atoms with Gasteiger partial charge in [0.1, 0.15) is 11.5 Å². The van der Waals surface area contributed by atoms with E-state index in [2.05, 4.69) is 10.3 Å². The molecule has 0 radical (unpaired) electrons. The van der Waals surface area contributed by atoms with Crippen molar-refractivity contribution in [2.24, 2.45) is 0 Å². The summed E-state index contributed by atoms with van der Waals surface area (Å²) < 4.78 is 5.69. The van der Waals surface area contributed by atoms with E-state index in [-0.39, 0.29) is 12.5 Å². The lowest BCUT2D eigenvalue weighted by atomic mass is 10.2. The van der Waals surface area contributed by atoms with E-state index in [1.165, 1.54) is 6.20 Å². The first-order chi connectivity index (χ1) is 11.8. The summed E-state index contributed by atoms with van der Waals surface area (Å²) in [6.45, 7) is -0.165. The number of para-hydroxylation sites is 1. The molecule has 1 aromatic heterocycles. The van der Waals surface area contributed by atoms with Crippen LogP contribution in [0.4, 0.5) is 5.69 Å². The molecule has 1 amide bonds. The quantitative estimate of drug-likeness (QED) is 0.753. The number of aliphatic hydroxyl groups excluding tert-OH is 1. The molecule has 0 bridgehead atoms. The Kier molecular flexibility index (Phi) is 4.84. The number of aromatic nitrogens is 1. The molecule has 0 spiro atoms. The fourth-order valence-corrected chi connectivity index (χ4v) is 2.17. The van der Waals surface area contributed by atoms with Crippen LogP contribution in [0.3, 0.4) is 0 Å². The maximum Gasteiger partial charge on any atom is 0.255 e. The standard InChI is InChI=1S/C19H16N2O3/c22-13-15-10-11-20-12-18(15)21-19(23)14-6-8-17(9-7-14)24-16-4-2-1-3-5-16/h1-12,22H,13H2,(H,21,23). The van der Waals surface area contributed by atoms with Gasteiger partial charge >= 0.3 is 0 Å². The SMILES string of the molecule is O=C(Nc1cnccc1CO)c1ccc(Oc2ccccc2)cc1. The Balaban J connectivity index is 1.70. The summed E-state index contributed by atoms with van der Waals surface area (Å²) in [4.78, 5) is 16.2. The predicted molar refractivity (Wildman–Crippen MR) is 91.1 cm³/mol. The van der Waals surface area contributed by atoms with Gasteiger partial charge in [-0.3, -0.25) is 9.78 Å². The second-order valence-corrected chi connectivity index (χ2v) is 5.08. The molecular weight excluding hydrogens is 304 g/mol. The molecule has 0 aliphatic rings. The molecule has 2 aromatic carbocycles. The zero-order chi connectivity index (χ0) is 16.8. The van der Waals surface area contributed by atoms with Gasteiger partial charge in [0.05, 0.1) is 18.5 Å². The maximum absolute atomic E-state index is 12.3. The summed E-state index contributed by atoms with van der Waals surface area (Å²) >= 11 is 0. The van der Waals surface area contributed by atoms with Crippen molar-refractivity contribution in [3.05, 3.63) is 84.2 Å². The summed E-state index contributed by atoms with van der Waals surface area (Å²) in [5, 5.41) is 12.0. The maximum atomic E-state index is 12.3. The first-order valence-electron chi connectivity index (χ1n) is 7.44. The number of hydrogen-bond donors (Lipinski definition) is 2. The van der Waals surface area contributed by atoms with Crippen LogP contribution in [-0.4, -0.2) is 16.0 Å². The number of nitrogens with zero attached hydrogens (tertiary/aromatic N) is 1. The Morgan fingerprint density at radius 2 is 1.71 bits per heavy atom. The average Bonchev–Trinajstić information content (AvgIpc) is 2.63. The number of amides is 1. The van der Waals surface area contributed by atoms with Gasteiger partial charge in [-0.15, -0.1) is 0 Å². The van der Waals surface area contributed by atoms with Crippen molar-refractivity contribution in [1.82, 2.24) is 4.98 Å². The molecule has 0 unspecified atom stereocenters. The summed E-state index contributed by atoms with van der Waals surface area (Å²) in [5.41, 5.74) is 1.60. The normalized spacial score (nSPS) is 10.2. The summed E-state index contributed by atoms with van der Waals surface area (Å²) in [5.74, 6) is 1.11. The first-order valence-corrected chi connectivity index (χ1v) is 7.44. The molecule has 3 rings (SSSR count). The highest BCUT2D eigenvalue weighted by Gasteiger charge is 2.09. The van der Waals surface area contributed by atoms with Gasteiger partial charge in [0.15, 0.2) is 0 Å². The van der Waals surface area contributed by atoms with Crippen LogP contribution in [0, 0.1) is 0 Å². The number of benzene rings is 2. The summed E-state index contributed by atoms with van der Waals surface area (Å²) in [7, 11) is 0. The van der Waals surface area contributed by atoms with Crippen molar-refractivity contribution < 1.29 is 14.6 Å². The van der Waals surface area contributed by atoms with Crippen LogP contribution in [0.5, 0.6) is 11.5 Å². The number of rotatable bonds is 5. The highest BCUT2D eigenvalue weighted by Crippen LogP contribution is 2.22. The van der Waals surface area contributed by atoms with E-state index in [9.17, 15) is 9.90 Å². The lowest BCUT2D eigenvalue weighted by Crippen LogP contribution is -2.13. The van der Waals surface area contributed by atoms with Gasteiger partial charge in [-0.2, -0.15) is 0 Å². The molecule has 120 valence electrons. The van der Waals surface area contributed by atoms with Crippen LogP contribution in [0.2, 0.25) is 0 Å². The van der Waals surface area contributed by atoms with E-state index in [1.807, 2.05) is 30.3 Å². The lowest BCUT2D eigenvalue weighted by molar-refractivity contribution is 0.102. The highest BCUT2D eigenvalue weighted by atomic mass is 16.5. The molecule has 24 heavy (non-hydrogen) atoms. The topological polar surface area (TPSA) is 71.5 Å². The Labute approximate surface area is 139 Å². The number of ether oxygens (including phenoxy) is 1. The minimum Gasteiger partial charge on any atom is -0.457 e. The molecule has 0 fully saturated rings. The van der Waals surface area contributed by atoms with E-state index < -0.39 is 0 Å². The van der Waals surface area contributed by atoms with Crippen molar-refractivity contribution in [3.8, 4) is 11.5 Å². The van der Waals surface area contributed by atoms with Crippen LogP contribution >= 0.6 is 0 Å². The van der Waals surface area contributed by atoms with Crippen molar-refractivity contribution in [2.45, 2.75) is 6.61 Å². The number of anilines is 1. The Bertz CT molecular complexity index is 818. The Morgan fingerprint density at radius 1 is 1.00 bits per heavy atom. The van der Waals surface area contributed by atoms with Gasteiger partial charge in [0.2, 0.25) is 0 Å². The van der Waals surface area contributed by atoms with Crippen molar-refractivity contribution in [3.63, 3.8) is 0 Å². The predicted octanol–water partition coefficient (Wildman–Crippen LogP) is 3.62. The third-order valence-electron chi connectivity index (χ3n) is 3.43. The smallest absolute Gasteiger partial charge is 0.255 e. The number of pyridine rings is 1. The van der Waals surface area contributed by atoms with Gasteiger partial charge in [-0.05, 0) is 42.5 Å². The van der Waals surface area contributed by atoms with Gasteiger partial charge in [0.25, 0.3) is 5.91 Å². The van der Waals surface area contributed by atoms with Crippen LogP contribution in [0.1, 0.15) is 15.9 Å². The molecule has 1 heterocycles. The van der Waals surface area contributed by atoms with Gasteiger partial charge in [-0.1, -0.05) is 18.2 Å². The zero-order valence-electron chi connectivity index (χ0n) is 12.8. The largest absolute Gasteiger partial charge is 0.457 e. The molecule has 0 aliphatic heterocycles. The van der Waals surface area contributed by atoms with E-state index in [4.69, 9.17) is 4.74 Å². The second kappa shape index (κ2) is 7.39.